The molecule has 1 heterocycles. The quantitative estimate of drug-likeness (QED) is 0.541. The van der Waals surface area contributed by atoms with Crippen LogP contribution in [0.3, 0.4) is 0 Å². The summed E-state index contributed by atoms with van der Waals surface area (Å²) in [5.74, 6) is -0.325. The second kappa shape index (κ2) is 7.78. The van der Waals surface area contributed by atoms with E-state index >= 15 is 0 Å². The Bertz CT molecular complexity index is 939. The first-order valence-corrected chi connectivity index (χ1v) is 8.62. The van der Waals surface area contributed by atoms with Crippen LogP contribution in [0.2, 0.25) is 0 Å². The Morgan fingerprint density at radius 1 is 1.12 bits per heavy atom. The highest BCUT2D eigenvalue weighted by Crippen LogP contribution is 2.20. The van der Waals surface area contributed by atoms with Crippen molar-refractivity contribution in [1.82, 2.24) is 15.6 Å². The van der Waals surface area contributed by atoms with Crippen molar-refractivity contribution in [2.45, 2.75) is 27.2 Å². The molecular formula is C21H22N4O. The van der Waals surface area contributed by atoms with Gasteiger partial charge in [-0.2, -0.15) is 10.2 Å². The van der Waals surface area contributed by atoms with E-state index in [4.69, 9.17) is 0 Å². The van der Waals surface area contributed by atoms with Gasteiger partial charge in [-0.3, -0.25) is 9.89 Å². The van der Waals surface area contributed by atoms with Crippen LogP contribution < -0.4 is 5.43 Å². The zero-order chi connectivity index (χ0) is 18.5. The third-order valence-electron chi connectivity index (χ3n) is 4.39. The molecule has 132 valence electrons. The van der Waals surface area contributed by atoms with E-state index in [2.05, 4.69) is 47.6 Å². The van der Waals surface area contributed by atoms with Gasteiger partial charge in [-0.15, -0.1) is 0 Å². The molecule has 5 nitrogen and oxygen atoms in total. The molecule has 26 heavy (non-hydrogen) atoms. The molecular weight excluding hydrogens is 324 g/mol. The maximum atomic E-state index is 12.2. The van der Waals surface area contributed by atoms with Crippen LogP contribution in [0, 0.1) is 13.8 Å². The van der Waals surface area contributed by atoms with E-state index in [1.54, 1.807) is 12.3 Å². The Kier molecular flexibility index (Phi) is 5.27. The van der Waals surface area contributed by atoms with E-state index in [9.17, 15) is 4.79 Å². The average molecular weight is 346 g/mol. The molecule has 0 aliphatic carbocycles. The zero-order valence-electron chi connectivity index (χ0n) is 15.2. The molecule has 0 saturated carbocycles. The van der Waals surface area contributed by atoms with Crippen molar-refractivity contribution in [3.8, 4) is 11.3 Å². The van der Waals surface area contributed by atoms with Gasteiger partial charge in [0.1, 0.15) is 5.69 Å². The van der Waals surface area contributed by atoms with Crippen molar-refractivity contribution >= 4 is 12.1 Å². The third kappa shape index (κ3) is 4.06. The van der Waals surface area contributed by atoms with E-state index in [-0.39, 0.29) is 5.91 Å². The minimum atomic E-state index is -0.325. The Balaban J connectivity index is 1.65. The molecule has 3 aromatic rings. The molecule has 0 saturated heterocycles. The number of H-pyrrole nitrogens is 1. The summed E-state index contributed by atoms with van der Waals surface area (Å²) in [4.78, 5) is 12.2. The molecule has 0 radical (unpaired) electrons. The smallest absolute Gasteiger partial charge is 0.272 e. The van der Waals surface area contributed by atoms with E-state index in [0.29, 0.717) is 5.69 Å². The lowest BCUT2D eigenvalue weighted by Crippen LogP contribution is -2.17. The lowest BCUT2D eigenvalue weighted by atomic mass is 10.0. The van der Waals surface area contributed by atoms with Gasteiger partial charge in [0.2, 0.25) is 0 Å². The van der Waals surface area contributed by atoms with Crippen molar-refractivity contribution in [2.75, 3.05) is 0 Å². The Morgan fingerprint density at radius 3 is 2.58 bits per heavy atom. The van der Waals surface area contributed by atoms with E-state index in [1.807, 2.05) is 36.4 Å². The third-order valence-corrected chi connectivity index (χ3v) is 4.39. The normalized spacial score (nSPS) is 11.0. The minimum absolute atomic E-state index is 0.325. The van der Waals surface area contributed by atoms with Crippen LogP contribution in [-0.4, -0.2) is 22.3 Å². The number of rotatable bonds is 5. The average Bonchev–Trinajstić information content (AvgIpc) is 3.15. The molecule has 1 amide bonds. The fourth-order valence-corrected chi connectivity index (χ4v) is 2.55. The number of hydrogen-bond acceptors (Lipinski definition) is 3. The first-order valence-electron chi connectivity index (χ1n) is 8.62. The van der Waals surface area contributed by atoms with Crippen LogP contribution in [0.1, 0.15) is 39.7 Å². The number of aryl methyl sites for hydroxylation is 3. The number of carbonyl (C=O) groups excluding carboxylic acids is 1. The van der Waals surface area contributed by atoms with Crippen LogP contribution in [-0.2, 0) is 6.42 Å². The number of aromatic amines is 1. The molecule has 2 N–H and O–H groups in total. The molecule has 0 aliphatic rings. The van der Waals surface area contributed by atoms with Crippen molar-refractivity contribution in [1.29, 1.82) is 0 Å². The summed E-state index contributed by atoms with van der Waals surface area (Å²) in [6.07, 6.45) is 2.62. The van der Waals surface area contributed by atoms with Crippen LogP contribution in [0.4, 0.5) is 0 Å². The summed E-state index contributed by atoms with van der Waals surface area (Å²) >= 11 is 0. The largest absolute Gasteiger partial charge is 0.289 e. The molecule has 5 heteroatoms. The van der Waals surface area contributed by atoms with Crippen molar-refractivity contribution < 1.29 is 4.79 Å². The highest BCUT2D eigenvalue weighted by Gasteiger charge is 2.10. The van der Waals surface area contributed by atoms with E-state index < -0.39 is 0 Å². The number of carbonyl (C=O) groups is 1. The number of benzene rings is 2. The maximum absolute atomic E-state index is 12.2. The summed E-state index contributed by atoms with van der Waals surface area (Å²) in [5.41, 5.74) is 9.22. The zero-order valence-corrected chi connectivity index (χ0v) is 15.2. The van der Waals surface area contributed by atoms with E-state index in [1.165, 1.54) is 16.7 Å². The van der Waals surface area contributed by atoms with E-state index in [0.717, 1.165) is 23.2 Å². The van der Waals surface area contributed by atoms with Gasteiger partial charge in [-0.25, -0.2) is 5.43 Å². The summed E-state index contributed by atoms with van der Waals surface area (Å²) < 4.78 is 0. The number of hydrogen-bond donors (Lipinski definition) is 2. The van der Waals surface area contributed by atoms with Crippen molar-refractivity contribution in [3.05, 3.63) is 76.5 Å². The standard InChI is InChI=1S/C21H22N4O/c1-4-16-6-8-17(9-7-16)13-22-25-21(26)20-12-19(23-24-20)18-10-5-14(2)15(3)11-18/h5-13H,4H2,1-3H3,(H,23,24)(H,25,26). The van der Waals surface area contributed by atoms with Crippen LogP contribution >= 0.6 is 0 Å². The summed E-state index contributed by atoms with van der Waals surface area (Å²) in [6, 6.07) is 15.9. The van der Waals surface area contributed by atoms with Crippen LogP contribution in [0.15, 0.2) is 53.6 Å². The summed E-state index contributed by atoms with van der Waals surface area (Å²) in [7, 11) is 0. The molecule has 2 aromatic carbocycles. The fourth-order valence-electron chi connectivity index (χ4n) is 2.55. The Hall–Kier alpha value is -3.21. The van der Waals surface area contributed by atoms with Gasteiger partial charge in [0.15, 0.2) is 0 Å². The predicted molar refractivity (Wildman–Crippen MR) is 104 cm³/mol. The van der Waals surface area contributed by atoms with Gasteiger partial charge in [0.25, 0.3) is 5.91 Å². The monoisotopic (exact) mass is 346 g/mol. The van der Waals surface area contributed by atoms with Gasteiger partial charge < -0.3 is 0 Å². The molecule has 0 aliphatic heterocycles. The lowest BCUT2D eigenvalue weighted by Gasteiger charge is -2.01. The molecule has 0 spiro atoms. The van der Waals surface area contributed by atoms with Gasteiger partial charge in [-0.1, -0.05) is 43.3 Å². The number of nitrogens with one attached hydrogen (secondary N) is 2. The Labute approximate surface area is 153 Å². The number of amides is 1. The number of hydrazone groups is 1. The lowest BCUT2D eigenvalue weighted by molar-refractivity contribution is 0.0950. The molecule has 0 atom stereocenters. The summed E-state index contributed by atoms with van der Waals surface area (Å²) in [6.45, 7) is 6.23. The topological polar surface area (TPSA) is 70.1 Å². The second-order valence-corrected chi connectivity index (χ2v) is 6.26. The highest BCUT2D eigenvalue weighted by molar-refractivity contribution is 5.94. The van der Waals surface area contributed by atoms with Crippen molar-refractivity contribution in [2.24, 2.45) is 5.10 Å². The first kappa shape index (κ1) is 17.6. The first-order chi connectivity index (χ1) is 12.6. The van der Waals surface area contributed by atoms with Crippen LogP contribution in [0.25, 0.3) is 11.3 Å². The SMILES string of the molecule is CCc1ccc(C=NNC(=O)c2cc(-c3ccc(C)c(C)c3)n[nH]2)cc1. The van der Waals surface area contributed by atoms with Crippen LogP contribution in [0.5, 0.6) is 0 Å². The van der Waals surface area contributed by atoms with Gasteiger partial charge in [0, 0.05) is 5.56 Å². The number of aromatic nitrogens is 2. The van der Waals surface area contributed by atoms with Crippen molar-refractivity contribution in [3.63, 3.8) is 0 Å². The van der Waals surface area contributed by atoms with Gasteiger partial charge in [0.05, 0.1) is 11.9 Å². The molecule has 0 unspecified atom stereocenters. The minimum Gasteiger partial charge on any atom is -0.272 e. The molecule has 1 aromatic heterocycles. The molecule has 0 bridgehead atoms. The summed E-state index contributed by atoms with van der Waals surface area (Å²) in [5, 5.41) is 11.0. The molecule has 3 rings (SSSR count). The highest BCUT2D eigenvalue weighted by atomic mass is 16.2. The number of nitrogens with zero attached hydrogens (tertiary/aromatic N) is 2. The predicted octanol–water partition coefficient (Wildman–Crippen LogP) is 4.02. The van der Waals surface area contributed by atoms with Gasteiger partial charge >= 0.3 is 0 Å². The fraction of sp³-hybridized carbons (Fsp3) is 0.190. The Morgan fingerprint density at radius 2 is 1.88 bits per heavy atom. The maximum Gasteiger partial charge on any atom is 0.289 e. The van der Waals surface area contributed by atoms with Gasteiger partial charge in [-0.05, 0) is 54.7 Å². The second-order valence-electron chi connectivity index (χ2n) is 6.26. The molecule has 0 fully saturated rings.